The Hall–Kier alpha value is 0.700. The van der Waals surface area contributed by atoms with Gasteiger partial charge < -0.3 is 0 Å². The molecule has 13 heavy (non-hydrogen) atoms. The van der Waals surface area contributed by atoms with Crippen LogP contribution in [0, 0.1) is 3.70 Å². The number of hydrogen-bond acceptors (Lipinski definition) is 1. The zero-order valence-electron chi connectivity index (χ0n) is 6.20. The minimum Gasteiger partial charge on any atom is -0.235 e. The van der Waals surface area contributed by atoms with E-state index in [4.69, 9.17) is 0 Å². The molecule has 1 nitrogen and oxygen atoms in total. The minimum atomic E-state index is -2.46. The summed E-state index contributed by atoms with van der Waals surface area (Å²) >= 11 is 8.20. The summed E-state index contributed by atoms with van der Waals surface area (Å²) in [7, 11) is 0. The Balaban J connectivity index is 3.29. The molecule has 0 unspecified atom stereocenters. The highest BCUT2D eigenvalue weighted by Gasteiger charge is 2.16. The standard InChI is InChI=1S/C7H4Br2F2IN/c8-2-4-3(7(10)11)1-5(12)13-6(4)9/h1,7H,2H2. The lowest BCUT2D eigenvalue weighted by Crippen LogP contribution is -1.97. The number of pyridine rings is 1. The predicted molar refractivity (Wildman–Crippen MR) is 62.2 cm³/mol. The molecule has 0 aliphatic rings. The first-order valence-electron chi connectivity index (χ1n) is 3.25. The van der Waals surface area contributed by atoms with Gasteiger partial charge in [0.25, 0.3) is 6.43 Å². The molecule has 0 atom stereocenters. The molecule has 72 valence electrons. The lowest BCUT2D eigenvalue weighted by Gasteiger charge is -2.08. The molecule has 1 rings (SSSR count). The Morgan fingerprint density at radius 1 is 1.54 bits per heavy atom. The van der Waals surface area contributed by atoms with Crippen molar-refractivity contribution in [2.45, 2.75) is 11.8 Å². The summed E-state index contributed by atoms with van der Waals surface area (Å²) in [5.74, 6) is 0. The van der Waals surface area contributed by atoms with E-state index in [-0.39, 0.29) is 5.56 Å². The zero-order chi connectivity index (χ0) is 10.0. The van der Waals surface area contributed by atoms with E-state index in [9.17, 15) is 8.78 Å². The maximum Gasteiger partial charge on any atom is 0.264 e. The molecule has 0 bridgehead atoms. The van der Waals surface area contributed by atoms with Gasteiger partial charge in [-0.1, -0.05) is 15.9 Å². The second kappa shape index (κ2) is 4.97. The van der Waals surface area contributed by atoms with E-state index in [2.05, 4.69) is 36.8 Å². The fourth-order valence-corrected chi connectivity index (χ4v) is 3.29. The van der Waals surface area contributed by atoms with Gasteiger partial charge in [-0.2, -0.15) is 0 Å². The lowest BCUT2D eigenvalue weighted by molar-refractivity contribution is 0.150. The van der Waals surface area contributed by atoms with Crippen molar-refractivity contribution in [3.63, 3.8) is 0 Å². The van der Waals surface area contributed by atoms with Crippen LogP contribution < -0.4 is 0 Å². The van der Waals surface area contributed by atoms with Crippen LogP contribution in [0.1, 0.15) is 17.6 Å². The number of aromatic nitrogens is 1. The van der Waals surface area contributed by atoms with Crippen LogP contribution in [0.25, 0.3) is 0 Å². The Kier molecular flexibility index (Phi) is 4.50. The summed E-state index contributed by atoms with van der Waals surface area (Å²) in [4.78, 5) is 4.03. The Morgan fingerprint density at radius 3 is 2.62 bits per heavy atom. The fourth-order valence-electron chi connectivity index (χ4n) is 0.855. The van der Waals surface area contributed by atoms with E-state index >= 15 is 0 Å². The first-order valence-corrected chi connectivity index (χ1v) is 6.24. The highest BCUT2D eigenvalue weighted by atomic mass is 127. The van der Waals surface area contributed by atoms with Gasteiger partial charge in [-0.25, -0.2) is 13.8 Å². The SMILES string of the molecule is FC(F)c1cc(I)nc(Br)c1CBr. The Labute approximate surface area is 105 Å². The van der Waals surface area contributed by atoms with E-state index in [0.29, 0.717) is 19.2 Å². The van der Waals surface area contributed by atoms with E-state index < -0.39 is 6.43 Å². The van der Waals surface area contributed by atoms with Crippen LogP contribution in [0.5, 0.6) is 0 Å². The molecule has 0 fully saturated rings. The molecule has 1 aromatic rings. The maximum absolute atomic E-state index is 12.5. The van der Waals surface area contributed by atoms with Gasteiger partial charge in [-0.15, -0.1) is 0 Å². The second-order valence-corrected chi connectivity index (χ2v) is 4.66. The van der Waals surface area contributed by atoms with Gasteiger partial charge in [0, 0.05) is 16.5 Å². The molecule has 0 aromatic carbocycles. The Morgan fingerprint density at radius 2 is 2.15 bits per heavy atom. The summed E-state index contributed by atoms with van der Waals surface area (Å²) in [5.41, 5.74) is 0.540. The number of nitrogens with zero attached hydrogens (tertiary/aromatic N) is 1. The molecule has 0 aliphatic heterocycles. The smallest absolute Gasteiger partial charge is 0.235 e. The molecular weight excluding hydrogens is 423 g/mol. The van der Waals surface area contributed by atoms with Gasteiger partial charge in [0.2, 0.25) is 0 Å². The molecule has 1 heterocycles. The highest BCUT2D eigenvalue weighted by molar-refractivity contribution is 14.1. The topological polar surface area (TPSA) is 12.9 Å². The average molecular weight is 427 g/mol. The number of rotatable bonds is 2. The van der Waals surface area contributed by atoms with Crippen molar-refractivity contribution >= 4 is 54.5 Å². The van der Waals surface area contributed by atoms with Crippen molar-refractivity contribution in [2.75, 3.05) is 0 Å². The van der Waals surface area contributed by atoms with Crippen molar-refractivity contribution in [3.8, 4) is 0 Å². The van der Waals surface area contributed by atoms with E-state index in [1.54, 1.807) is 0 Å². The summed E-state index contributed by atoms with van der Waals surface area (Å²) in [6.07, 6.45) is -2.46. The van der Waals surface area contributed by atoms with E-state index in [1.165, 1.54) is 6.07 Å². The normalized spacial score (nSPS) is 10.9. The average Bonchev–Trinajstić information content (AvgIpc) is 2.02. The quantitative estimate of drug-likeness (QED) is 0.391. The van der Waals surface area contributed by atoms with E-state index in [0.717, 1.165) is 0 Å². The van der Waals surface area contributed by atoms with Crippen molar-refractivity contribution in [1.82, 2.24) is 4.98 Å². The van der Waals surface area contributed by atoms with Gasteiger partial charge in [0.05, 0.1) is 0 Å². The van der Waals surface area contributed by atoms with Gasteiger partial charge in [0.15, 0.2) is 0 Å². The van der Waals surface area contributed by atoms with Gasteiger partial charge >= 0.3 is 0 Å². The summed E-state index contributed by atoms with van der Waals surface area (Å²) in [5, 5.41) is 0.372. The van der Waals surface area contributed by atoms with Crippen molar-refractivity contribution in [1.29, 1.82) is 0 Å². The predicted octanol–water partition coefficient (Wildman–Crippen LogP) is 4.28. The molecule has 0 aliphatic carbocycles. The Bertz CT molecular complexity index is 320. The van der Waals surface area contributed by atoms with Crippen LogP contribution in [-0.2, 0) is 5.33 Å². The largest absolute Gasteiger partial charge is 0.264 e. The summed E-state index contributed by atoms with van der Waals surface area (Å²) < 4.78 is 26.0. The highest BCUT2D eigenvalue weighted by Crippen LogP contribution is 2.30. The van der Waals surface area contributed by atoms with Crippen LogP contribution in [-0.4, -0.2) is 4.98 Å². The van der Waals surface area contributed by atoms with Crippen LogP contribution in [0.15, 0.2) is 10.7 Å². The molecule has 6 heteroatoms. The fraction of sp³-hybridized carbons (Fsp3) is 0.286. The minimum absolute atomic E-state index is 0.0307. The lowest BCUT2D eigenvalue weighted by atomic mass is 10.2. The van der Waals surface area contributed by atoms with Crippen molar-refractivity contribution in [3.05, 3.63) is 25.5 Å². The van der Waals surface area contributed by atoms with E-state index in [1.807, 2.05) is 22.6 Å². The van der Waals surface area contributed by atoms with Crippen molar-refractivity contribution in [2.24, 2.45) is 0 Å². The molecule has 0 spiro atoms. The molecule has 0 radical (unpaired) electrons. The molecule has 0 saturated heterocycles. The van der Waals surface area contributed by atoms with Gasteiger partial charge in [-0.3, -0.25) is 0 Å². The van der Waals surface area contributed by atoms with Crippen LogP contribution in [0.3, 0.4) is 0 Å². The molecule has 0 amide bonds. The maximum atomic E-state index is 12.5. The van der Waals surface area contributed by atoms with Crippen LogP contribution in [0.4, 0.5) is 8.78 Å². The van der Waals surface area contributed by atoms with Crippen molar-refractivity contribution < 1.29 is 8.78 Å². The third kappa shape index (κ3) is 2.82. The third-order valence-corrected chi connectivity index (χ3v) is 3.22. The van der Waals surface area contributed by atoms with Gasteiger partial charge in [0.1, 0.15) is 8.30 Å². The molecule has 0 saturated carbocycles. The van der Waals surface area contributed by atoms with Gasteiger partial charge in [-0.05, 0) is 44.6 Å². The summed E-state index contributed by atoms with van der Waals surface area (Å²) in [6.45, 7) is 0. The molecule has 1 aromatic heterocycles. The van der Waals surface area contributed by atoms with Crippen LogP contribution >= 0.6 is 54.5 Å². The monoisotopic (exact) mass is 425 g/mol. The molecular formula is C7H4Br2F2IN. The zero-order valence-corrected chi connectivity index (χ0v) is 11.5. The molecule has 0 N–H and O–H groups in total. The first kappa shape index (κ1) is 11.8. The summed E-state index contributed by atoms with van der Waals surface area (Å²) in [6, 6.07) is 1.40. The number of alkyl halides is 3. The number of hydrogen-bond donors (Lipinski definition) is 0. The second-order valence-electron chi connectivity index (χ2n) is 2.24. The third-order valence-electron chi connectivity index (χ3n) is 1.45. The number of halogens is 5. The van der Waals surface area contributed by atoms with Crippen LogP contribution in [0.2, 0.25) is 0 Å². The first-order chi connectivity index (χ1) is 6.06.